The summed E-state index contributed by atoms with van der Waals surface area (Å²) < 4.78 is 56.2. The number of benzene rings is 3. The first-order chi connectivity index (χ1) is 14.2. The molecule has 0 radical (unpaired) electrons. The molecule has 3 rings (SSSR count). The second kappa shape index (κ2) is 8.91. The topological polar surface area (TPSA) is 84.5 Å². The highest BCUT2D eigenvalue weighted by Gasteiger charge is 2.16. The molecule has 1 amide bonds. The number of para-hydroxylation sites is 1. The van der Waals surface area contributed by atoms with Gasteiger partial charge in [-0.1, -0.05) is 18.2 Å². The van der Waals surface area contributed by atoms with Gasteiger partial charge < -0.3 is 10.1 Å². The van der Waals surface area contributed by atoms with Crippen molar-refractivity contribution in [3.63, 3.8) is 0 Å². The minimum atomic E-state index is -3.81. The van der Waals surface area contributed by atoms with Gasteiger partial charge in [0.2, 0.25) is 0 Å². The van der Waals surface area contributed by atoms with Crippen LogP contribution in [0, 0.1) is 6.92 Å². The number of aryl methyl sites for hydroxylation is 1. The van der Waals surface area contributed by atoms with Crippen molar-refractivity contribution in [2.75, 3.05) is 10.0 Å². The lowest BCUT2D eigenvalue weighted by molar-refractivity contribution is -0.0498. The lowest BCUT2D eigenvalue weighted by Gasteiger charge is -2.11. The number of rotatable bonds is 7. The summed E-state index contributed by atoms with van der Waals surface area (Å²) in [5.74, 6) is -0.507. The predicted octanol–water partition coefficient (Wildman–Crippen LogP) is 4.65. The maximum atomic E-state index is 12.6. The molecule has 3 aromatic carbocycles. The second-order valence-electron chi connectivity index (χ2n) is 6.30. The number of nitrogens with one attached hydrogen (secondary N) is 2. The molecule has 0 aliphatic heterocycles. The van der Waals surface area contributed by atoms with Crippen LogP contribution in [0.3, 0.4) is 0 Å². The Bertz CT molecular complexity index is 1130. The largest absolute Gasteiger partial charge is 0.435 e. The first-order valence-electron chi connectivity index (χ1n) is 8.79. The molecule has 0 heterocycles. The molecular formula is C21H18F2N2O4S. The third kappa shape index (κ3) is 5.32. The van der Waals surface area contributed by atoms with E-state index in [1.165, 1.54) is 48.5 Å². The van der Waals surface area contributed by atoms with Gasteiger partial charge in [-0.25, -0.2) is 8.42 Å². The van der Waals surface area contributed by atoms with Crippen LogP contribution in [-0.2, 0) is 10.0 Å². The summed E-state index contributed by atoms with van der Waals surface area (Å²) in [5, 5.41) is 2.60. The first kappa shape index (κ1) is 21.3. The van der Waals surface area contributed by atoms with Gasteiger partial charge in [0.25, 0.3) is 15.9 Å². The number of hydrogen-bond acceptors (Lipinski definition) is 4. The van der Waals surface area contributed by atoms with Crippen molar-refractivity contribution in [3.8, 4) is 5.75 Å². The highest BCUT2D eigenvalue weighted by Crippen LogP contribution is 2.21. The van der Waals surface area contributed by atoms with Crippen molar-refractivity contribution >= 4 is 27.3 Å². The Balaban J connectivity index is 1.68. The van der Waals surface area contributed by atoms with Gasteiger partial charge in [0.05, 0.1) is 10.6 Å². The monoisotopic (exact) mass is 432 g/mol. The summed E-state index contributed by atoms with van der Waals surface area (Å²) in [6.45, 7) is -1.14. The number of anilines is 2. The van der Waals surface area contributed by atoms with Gasteiger partial charge in [0, 0.05) is 11.3 Å². The third-order valence-electron chi connectivity index (χ3n) is 4.15. The highest BCUT2D eigenvalue weighted by atomic mass is 32.2. The van der Waals surface area contributed by atoms with Crippen LogP contribution < -0.4 is 14.8 Å². The molecule has 0 spiro atoms. The van der Waals surface area contributed by atoms with E-state index in [0.29, 0.717) is 11.4 Å². The summed E-state index contributed by atoms with van der Waals surface area (Å²) in [7, 11) is -3.81. The zero-order valence-corrected chi connectivity index (χ0v) is 16.6. The molecule has 0 aromatic heterocycles. The van der Waals surface area contributed by atoms with E-state index in [1.54, 1.807) is 31.2 Å². The van der Waals surface area contributed by atoms with Crippen LogP contribution in [0.2, 0.25) is 0 Å². The summed E-state index contributed by atoms with van der Waals surface area (Å²) in [5.41, 5.74) is 1.86. The maximum Gasteiger partial charge on any atom is 0.387 e. The van der Waals surface area contributed by atoms with Crippen molar-refractivity contribution in [2.45, 2.75) is 18.4 Å². The average Bonchev–Trinajstić information content (AvgIpc) is 2.71. The molecule has 9 heteroatoms. The van der Waals surface area contributed by atoms with Crippen LogP contribution in [0.1, 0.15) is 15.9 Å². The molecule has 0 atom stereocenters. The lowest BCUT2D eigenvalue weighted by Crippen LogP contribution is -2.15. The number of sulfonamides is 1. The third-order valence-corrected chi connectivity index (χ3v) is 5.53. The first-order valence-corrected chi connectivity index (χ1v) is 10.3. The van der Waals surface area contributed by atoms with Gasteiger partial charge >= 0.3 is 6.61 Å². The summed E-state index contributed by atoms with van der Waals surface area (Å²) >= 11 is 0. The fourth-order valence-electron chi connectivity index (χ4n) is 2.60. The Kier molecular flexibility index (Phi) is 6.31. The Morgan fingerprint density at radius 2 is 1.57 bits per heavy atom. The van der Waals surface area contributed by atoms with Crippen molar-refractivity contribution in [1.82, 2.24) is 0 Å². The van der Waals surface area contributed by atoms with Crippen molar-refractivity contribution < 1.29 is 26.7 Å². The van der Waals surface area contributed by atoms with Gasteiger partial charge in [0.1, 0.15) is 5.75 Å². The zero-order valence-electron chi connectivity index (χ0n) is 15.8. The van der Waals surface area contributed by atoms with Crippen LogP contribution in [0.25, 0.3) is 0 Å². The molecule has 0 saturated heterocycles. The van der Waals surface area contributed by atoms with Crippen molar-refractivity contribution in [2.24, 2.45) is 0 Å². The standard InChI is InChI=1S/C21H18F2N2O4S/c1-14-4-2-3-5-19(14)25-30(27,28)18-12-6-15(7-13-18)20(26)24-16-8-10-17(11-9-16)29-21(22)23/h2-13,21,25H,1H3,(H,24,26). The van der Waals surface area contributed by atoms with Gasteiger partial charge in [-0.2, -0.15) is 8.78 Å². The molecule has 0 fully saturated rings. The predicted molar refractivity (Wildman–Crippen MR) is 109 cm³/mol. The molecule has 6 nitrogen and oxygen atoms in total. The summed E-state index contributed by atoms with van der Waals surface area (Å²) in [6, 6.07) is 17.8. The Morgan fingerprint density at radius 1 is 0.933 bits per heavy atom. The Labute approximate surface area is 172 Å². The number of carbonyl (C=O) groups is 1. The van der Waals surface area contributed by atoms with E-state index in [-0.39, 0.29) is 16.2 Å². The van der Waals surface area contributed by atoms with Crippen LogP contribution in [-0.4, -0.2) is 20.9 Å². The van der Waals surface area contributed by atoms with E-state index in [2.05, 4.69) is 14.8 Å². The number of alkyl halides is 2. The minimum Gasteiger partial charge on any atom is -0.435 e. The number of carbonyl (C=O) groups excluding carboxylic acids is 1. The average molecular weight is 432 g/mol. The smallest absolute Gasteiger partial charge is 0.387 e. The molecule has 0 saturated carbocycles. The van der Waals surface area contributed by atoms with Crippen molar-refractivity contribution in [3.05, 3.63) is 83.9 Å². The molecule has 0 aliphatic carbocycles. The summed E-state index contributed by atoms with van der Waals surface area (Å²) in [6.07, 6.45) is 0. The number of hydrogen-bond donors (Lipinski definition) is 2. The van der Waals surface area contributed by atoms with Gasteiger partial charge in [-0.05, 0) is 67.1 Å². The zero-order chi connectivity index (χ0) is 21.7. The van der Waals surface area contributed by atoms with Crippen LogP contribution >= 0.6 is 0 Å². The molecule has 2 N–H and O–H groups in total. The minimum absolute atomic E-state index is 0.0100. The van der Waals surface area contributed by atoms with Gasteiger partial charge in [-0.3, -0.25) is 9.52 Å². The lowest BCUT2D eigenvalue weighted by atomic mass is 10.2. The van der Waals surface area contributed by atoms with E-state index >= 15 is 0 Å². The summed E-state index contributed by atoms with van der Waals surface area (Å²) in [4.78, 5) is 12.4. The molecule has 30 heavy (non-hydrogen) atoms. The number of ether oxygens (including phenoxy) is 1. The molecule has 156 valence electrons. The highest BCUT2D eigenvalue weighted by molar-refractivity contribution is 7.92. The molecule has 0 unspecified atom stereocenters. The Hall–Kier alpha value is -3.46. The van der Waals surface area contributed by atoms with E-state index in [0.717, 1.165) is 5.56 Å². The second-order valence-corrected chi connectivity index (χ2v) is 7.98. The quantitative estimate of drug-likeness (QED) is 0.569. The van der Waals surface area contributed by atoms with E-state index in [1.807, 2.05) is 0 Å². The molecular weight excluding hydrogens is 414 g/mol. The Morgan fingerprint density at radius 3 is 2.17 bits per heavy atom. The van der Waals surface area contributed by atoms with Gasteiger partial charge in [0.15, 0.2) is 0 Å². The normalized spacial score (nSPS) is 11.2. The molecule has 0 bridgehead atoms. The molecule has 3 aromatic rings. The van der Waals surface area contributed by atoms with E-state index in [4.69, 9.17) is 0 Å². The van der Waals surface area contributed by atoms with Gasteiger partial charge in [-0.15, -0.1) is 0 Å². The van der Waals surface area contributed by atoms with E-state index in [9.17, 15) is 22.0 Å². The van der Waals surface area contributed by atoms with E-state index < -0.39 is 22.5 Å². The van der Waals surface area contributed by atoms with Crippen LogP contribution in [0.5, 0.6) is 5.75 Å². The van der Waals surface area contributed by atoms with Crippen molar-refractivity contribution in [1.29, 1.82) is 0 Å². The van der Waals surface area contributed by atoms with Crippen LogP contribution in [0.15, 0.2) is 77.7 Å². The fraction of sp³-hybridized carbons (Fsp3) is 0.0952. The number of halogens is 2. The number of amides is 1. The van der Waals surface area contributed by atoms with Crippen LogP contribution in [0.4, 0.5) is 20.2 Å². The fourth-order valence-corrected chi connectivity index (χ4v) is 3.73. The molecule has 0 aliphatic rings. The SMILES string of the molecule is Cc1ccccc1NS(=O)(=O)c1ccc(C(=O)Nc2ccc(OC(F)F)cc2)cc1. The maximum absolute atomic E-state index is 12.6.